The summed E-state index contributed by atoms with van der Waals surface area (Å²) in [7, 11) is 0. The Bertz CT molecular complexity index is 1290. The van der Waals surface area contributed by atoms with Crippen LogP contribution in [0, 0.1) is 0 Å². The number of fused-ring (bicyclic) bond motifs is 1. The van der Waals surface area contributed by atoms with Crippen LogP contribution in [-0.2, 0) is 6.42 Å². The second-order valence-electron chi connectivity index (χ2n) is 7.98. The number of phenols is 4. The molecule has 3 rings (SSSR count). The predicted molar refractivity (Wildman–Crippen MR) is 122 cm³/mol. The van der Waals surface area contributed by atoms with Gasteiger partial charge >= 0.3 is 0 Å². The van der Waals surface area contributed by atoms with Crippen molar-refractivity contribution in [1.29, 1.82) is 0 Å². The van der Waals surface area contributed by atoms with Gasteiger partial charge in [0.1, 0.15) is 22.5 Å². The number of hydrogen-bond acceptors (Lipinski definition) is 7. The van der Waals surface area contributed by atoms with Gasteiger partial charge in [-0.05, 0) is 52.2 Å². The Balaban J connectivity index is 2.12. The SMILES string of the molecule is CC(C)=CCC/C(C)=C/Cc1c(-c2oc3cc(O)cc(O)c3c(=O)c2O)ccc(O)c1O. The zero-order valence-corrected chi connectivity index (χ0v) is 18.1. The Morgan fingerprint density at radius 2 is 1.66 bits per heavy atom. The maximum atomic E-state index is 12.7. The van der Waals surface area contributed by atoms with Crippen LogP contribution < -0.4 is 5.43 Å². The van der Waals surface area contributed by atoms with Crippen LogP contribution in [0.25, 0.3) is 22.3 Å². The van der Waals surface area contributed by atoms with Crippen molar-refractivity contribution in [2.75, 3.05) is 0 Å². The molecule has 2 aromatic carbocycles. The van der Waals surface area contributed by atoms with E-state index in [1.165, 1.54) is 17.7 Å². The smallest absolute Gasteiger partial charge is 0.238 e. The molecule has 0 fully saturated rings. The van der Waals surface area contributed by atoms with Crippen molar-refractivity contribution in [3.05, 3.63) is 63.4 Å². The first-order valence-electron chi connectivity index (χ1n) is 10.1. The van der Waals surface area contributed by atoms with E-state index in [0.717, 1.165) is 30.5 Å². The number of rotatable bonds is 6. The molecule has 0 saturated carbocycles. The molecule has 168 valence electrons. The minimum Gasteiger partial charge on any atom is -0.508 e. The minimum absolute atomic E-state index is 0.132. The predicted octanol–water partition coefficient (Wildman–Crippen LogP) is 5.22. The largest absolute Gasteiger partial charge is 0.508 e. The zero-order valence-electron chi connectivity index (χ0n) is 18.1. The van der Waals surface area contributed by atoms with E-state index in [0.29, 0.717) is 0 Å². The van der Waals surface area contributed by atoms with Crippen molar-refractivity contribution >= 4 is 11.0 Å². The van der Waals surface area contributed by atoms with Gasteiger partial charge in [0.2, 0.25) is 11.2 Å². The Morgan fingerprint density at radius 3 is 2.34 bits per heavy atom. The molecule has 0 aliphatic carbocycles. The summed E-state index contributed by atoms with van der Waals surface area (Å²) in [5.41, 5.74) is 1.74. The maximum absolute atomic E-state index is 12.7. The van der Waals surface area contributed by atoms with Crippen LogP contribution in [0.4, 0.5) is 0 Å². The molecule has 1 aromatic heterocycles. The van der Waals surface area contributed by atoms with E-state index in [-0.39, 0.29) is 45.8 Å². The van der Waals surface area contributed by atoms with E-state index in [2.05, 4.69) is 6.08 Å². The lowest BCUT2D eigenvalue weighted by atomic mass is 9.97. The molecular weight excluding hydrogens is 412 g/mol. The lowest BCUT2D eigenvalue weighted by molar-refractivity contribution is 0.400. The first-order valence-corrected chi connectivity index (χ1v) is 10.1. The second-order valence-corrected chi connectivity index (χ2v) is 7.98. The van der Waals surface area contributed by atoms with Gasteiger partial charge in [0.05, 0.1) is 0 Å². The molecule has 0 amide bonds. The van der Waals surface area contributed by atoms with Crippen LogP contribution in [0.5, 0.6) is 28.7 Å². The number of aromatic hydroxyl groups is 5. The maximum Gasteiger partial charge on any atom is 0.238 e. The monoisotopic (exact) mass is 438 g/mol. The fraction of sp³-hybridized carbons (Fsp3) is 0.240. The lowest BCUT2D eigenvalue weighted by Crippen LogP contribution is -2.04. The molecule has 5 N–H and O–H groups in total. The van der Waals surface area contributed by atoms with Crippen LogP contribution in [-0.4, -0.2) is 25.5 Å². The molecule has 0 radical (unpaired) electrons. The van der Waals surface area contributed by atoms with Crippen LogP contribution in [0.15, 0.2) is 56.8 Å². The highest BCUT2D eigenvalue weighted by molar-refractivity contribution is 5.88. The molecule has 0 saturated heterocycles. The molecule has 7 heteroatoms. The molecule has 32 heavy (non-hydrogen) atoms. The van der Waals surface area contributed by atoms with Gasteiger partial charge in [-0.2, -0.15) is 0 Å². The average molecular weight is 438 g/mol. The summed E-state index contributed by atoms with van der Waals surface area (Å²) >= 11 is 0. The van der Waals surface area contributed by atoms with E-state index in [1.807, 2.05) is 26.8 Å². The van der Waals surface area contributed by atoms with E-state index in [1.54, 1.807) is 0 Å². The zero-order chi connectivity index (χ0) is 23.6. The fourth-order valence-electron chi connectivity index (χ4n) is 3.47. The molecule has 1 heterocycles. The Hall–Kier alpha value is -3.87. The lowest BCUT2D eigenvalue weighted by Gasteiger charge is -2.13. The molecule has 3 aromatic rings. The van der Waals surface area contributed by atoms with Crippen LogP contribution >= 0.6 is 0 Å². The van der Waals surface area contributed by atoms with Crippen molar-refractivity contribution < 1.29 is 29.9 Å². The fourth-order valence-corrected chi connectivity index (χ4v) is 3.47. The molecule has 0 spiro atoms. The third-order valence-electron chi connectivity index (χ3n) is 5.19. The number of hydrogen-bond donors (Lipinski definition) is 5. The van der Waals surface area contributed by atoms with E-state index < -0.39 is 22.7 Å². The molecule has 0 unspecified atom stereocenters. The summed E-state index contributed by atoms with van der Waals surface area (Å²) in [5, 5.41) is 50.5. The standard InChI is InChI=1S/C25H26O7/c1-13(2)5-4-6-14(3)7-8-16-17(9-10-18(27)22(16)29)25-24(31)23(30)21-19(28)11-15(26)12-20(21)32-25/h5,7,9-12,26-29,31H,4,6,8H2,1-3H3/b14-7+. The summed E-state index contributed by atoms with van der Waals surface area (Å²) < 4.78 is 5.66. The molecule has 7 nitrogen and oxygen atoms in total. The van der Waals surface area contributed by atoms with Crippen molar-refractivity contribution in [2.45, 2.75) is 40.0 Å². The van der Waals surface area contributed by atoms with Crippen molar-refractivity contribution in [2.24, 2.45) is 0 Å². The van der Waals surface area contributed by atoms with Crippen LogP contribution in [0.1, 0.15) is 39.2 Å². The van der Waals surface area contributed by atoms with Gasteiger partial charge in [-0.25, -0.2) is 0 Å². The van der Waals surface area contributed by atoms with Crippen LogP contribution in [0.2, 0.25) is 0 Å². The van der Waals surface area contributed by atoms with E-state index in [9.17, 15) is 30.3 Å². The minimum atomic E-state index is -0.884. The topological polar surface area (TPSA) is 131 Å². The molecular formula is C25H26O7. The summed E-state index contributed by atoms with van der Waals surface area (Å²) in [6.07, 6.45) is 5.92. The number of phenolic OH excluding ortho intramolecular Hbond substituents is 4. The Morgan fingerprint density at radius 1 is 0.938 bits per heavy atom. The highest BCUT2D eigenvalue weighted by Crippen LogP contribution is 2.41. The number of allylic oxidation sites excluding steroid dienone is 4. The van der Waals surface area contributed by atoms with Gasteiger partial charge in [-0.1, -0.05) is 23.3 Å². The molecule has 0 atom stereocenters. The molecule has 0 aliphatic rings. The van der Waals surface area contributed by atoms with Gasteiger partial charge in [0.15, 0.2) is 17.3 Å². The van der Waals surface area contributed by atoms with Crippen molar-refractivity contribution in [3.8, 4) is 40.1 Å². The van der Waals surface area contributed by atoms with Gasteiger partial charge in [-0.3, -0.25) is 4.79 Å². The Kier molecular flexibility index (Phi) is 6.48. The summed E-state index contributed by atoms with van der Waals surface area (Å²) in [6.45, 7) is 6.01. The molecule has 0 bridgehead atoms. The molecule has 0 aliphatic heterocycles. The van der Waals surface area contributed by atoms with Crippen molar-refractivity contribution in [1.82, 2.24) is 0 Å². The quantitative estimate of drug-likeness (QED) is 0.263. The van der Waals surface area contributed by atoms with Crippen molar-refractivity contribution in [3.63, 3.8) is 0 Å². The Labute approximate surface area is 184 Å². The number of benzene rings is 2. The first kappa shape index (κ1) is 22.8. The van der Waals surface area contributed by atoms with Crippen LogP contribution in [0.3, 0.4) is 0 Å². The third kappa shape index (κ3) is 4.56. The van der Waals surface area contributed by atoms with Gasteiger partial charge < -0.3 is 29.9 Å². The summed E-state index contributed by atoms with van der Waals surface area (Å²) in [5.74, 6) is -2.59. The van der Waals surface area contributed by atoms with Gasteiger partial charge in [0.25, 0.3) is 0 Å². The summed E-state index contributed by atoms with van der Waals surface area (Å²) in [6, 6.07) is 4.76. The second kappa shape index (κ2) is 9.09. The highest BCUT2D eigenvalue weighted by Gasteiger charge is 2.22. The highest BCUT2D eigenvalue weighted by atomic mass is 16.4. The van der Waals surface area contributed by atoms with Gasteiger partial charge in [0, 0.05) is 23.3 Å². The van der Waals surface area contributed by atoms with Gasteiger partial charge in [-0.15, -0.1) is 0 Å². The summed E-state index contributed by atoms with van der Waals surface area (Å²) in [4.78, 5) is 12.7. The third-order valence-corrected chi connectivity index (χ3v) is 5.19. The average Bonchev–Trinajstić information content (AvgIpc) is 2.71. The van der Waals surface area contributed by atoms with E-state index >= 15 is 0 Å². The normalized spacial score (nSPS) is 11.7. The van der Waals surface area contributed by atoms with E-state index in [4.69, 9.17) is 4.42 Å². The first-order chi connectivity index (χ1) is 15.1.